The Kier molecular flexibility index (Phi) is 5.10. The molecule has 0 saturated heterocycles. The molecule has 0 saturated carbocycles. The standard InChI is InChI=1S/C21H23N3O/c1-21(2,20(25)24-18-13-14-22-15-23-18)19(16-9-5-3-6-10-16)17-11-7-4-8-12-17/h3-15,19-20,25H,1-2H3,(H,22,23,24). The summed E-state index contributed by atoms with van der Waals surface area (Å²) >= 11 is 0. The van der Waals surface area contributed by atoms with E-state index in [2.05, 4.69) is 53.4 Å². The SMILES string of the molecule is CC(C)(C(O)Nc1ccncn1)C(c1ccccc1)c1ccccc1. The monoisotopic (exact) mass is 333 g/mol. The maximum atomic E-state index is 11.0. The summed E-state index contributed by atoms with van der Waals surface area (Å²) in [7, 11) is 0. The van der Waals surface area contributed by atoms with Gasteiger partial charge in [0.25, 0.3) is 0 Å². The van der Waals surface area contributed by atoms with E-state index in [4.69, 9.17) is 0 Å². The minimum absolute atomic E-state index is 0.0271. The highest BCUT2D eigenvalue weighted by Gasteiger charge is 2.38. The molecule has 0 radical (unpaired) electrons. The second-order valence-electron chi connectivity index (χ2n) is 6.72. The highest BCUT2D eigenvalue weighted by Crippen LogP contribution is 2.43. The van der Waals surface area contributed by atoms with Crippen LogP contribution in [0.3, 0.4) is 0 Å². The molecule has 128 valence electrons. The minimum atomic E-state index is -0.784. The third-order valence-corrected chi connectivity index (χ3v) is 4.58. The van der Waals surface area contributed by atoms with Crippen molar-refractivity contribution in [3.63, 3.8) is 0 Å². The van der Waals surface area contributed by atoms with E-state index in [0.717, 1.165) is 0 Å². The number of hydrogen-bond acceptors (Lipinski definition) is 4. The average molecular weight is 333 g/mol. The van der Waals surface area contributed by atoms with Crippen molar-refractivity contribution in [2.75, 3.05) is 5.32 Å². The Morgan fingerprint density at radius 3 is 1.92 bits per heavy atom. The van der Waals surface area contributed by atoms with Crippen LogP contribution in [0.4, 0.5) is 5.82 Å². The van der Waals surface area contributed by atoms with E-state index in [9.17, 15) is 5.11 Å². The number of benzene rings is 2. The van der Waals surface area contributed by atoms with Gasteiger partial charge in [0.15, 0.2) is 0 Å². The predicted molar refractivity (Wildman–Crippen MR) is 100 cm³/mol. The van der Waals surface area contributed by atoms with Gasteiger partial charge in [-0.2, -0.15) is 0 Å². The summed E-state index contributed by atoms with van der Waals surface area (Å²) in [5.74, 6) is 0.634. The number of hydrogen-bond donors (Lipinski definition) is 2. The van der Waals surface area contributed by atoms with E-state index in [1.54, 1.807) is 12.3 Å². The molecule has 3 aromatic rings. The summed E-state index contributed by atoms with van der Waals surface area (Å²) in [6, 6.07) is 22.3. The molecule has 25 heavy (non-hydrogen) atoms. The van der Waals surface area contributed by atoms with Gasteiger partial charge >= 0.3 is 0 Å². The Balaban J connectivity index is 1.96. The van der Waals surface area contributed by atoms with Crippen molar-refractivity contribution in [2.24, 2.45) is 5.41 Å². The molecule has 0 fully saturated rings. The number of nitrogens with one attached hydrogen (secondary N) is 1. The van der Waals surface area contributed by atoms with Gasteiger partial charge in [0.1, 0.15) is 18.4 Å². The van der Waals surface area contributed by atoms with Gasteiger partial charge in [-0.3, -0.25) is 0 Å². The number of nitrogens with zero attached hydrogens (tertiary/aromatic N) is 2. The third-order valence-electron chi connectivity index (χ3n) is 4.58. The van der Waals surface area contributed by atoms with Crippen molar-refractivity contribution in [1.82, 2.24) is 9.97 Å². The fourth-order valence-electron chi connectivity index (χ4n) is 3.20. The summed E-state index contributed by atoms with van der Waals surface area (Å²) < 4.78 is 0. The van der Waals surface area contributed by atoms with Gasteiger partial charge < -0.3 is 10.4 Å². The van der Waals surface area contributed by atoms with Gasteiger partial charge in [0.2, 0.25) is 0 Å². The molecule has 1 atom stereocenters. The molecule has 0 aliphatic heterocycles. The predicted octanol–water partition coefficient (Wildman–Crippen LogP) is 4.07. The van der Waals surface area contributed by atoms with Gasteiger partial charge in [-0.05, 0) is 17.2 Å². The Bertz CT molecular complexity index is 737. The Morgan fingerprint density at radius 2 is 1.44 bits per heavy atom. The van der Waals surface area contributed by atoms with Crippen LogP contribution in [0.25, 0.3) is 0 Å². The molecule has 0 aliphatic rings. The normalized spacial score (nSPS) is 12.8. The van der Waals surface area contributed by atoms with Crippen molar-refractivity contribution in [1.29, 1.82) is 0 Å². The summed E-state index contributed by atoms with van der Waals surface area (Å²) in [5.41, 5.74) is 1.86. The number of anilines is 1. The second kappa shape index (κ2) is 7.45. The molecule has 1 unspecified atom stereocenters. The maximum Gasteiger partial charge on any atom is 0.131 e. The van der Waals surface area contributed by atoms with Crippen LogP contribution in [-0.2, 0) is 0 Å². The molecule has 1 heterocycles. The molecule has 0 amide bonds. The fourth-order valence-corrected chi connectivity index (χ4v) is 3.20. The third kappa shape index (κ3) is 3.86. The zero-order chi connectivity index (χ0) is 17.7. The molecule has 2 N–H and O–H groups in total. The van der Waals surface area contributed by atoms with E-state index < -0.39 is 11.6 Å². The second-order valence-corrected chi connectivity index (χ2v) is 6.72. The average Bonchev–Trinajstić information content (AvgIpc) is 2.64. The smallest absolute Gasteiger partial charge is 0.131 e. The molecular weight excluding hydrogens is 310 g/mol. The summed E-state index contributed by atoms with van der Waals surface area (Å²) in [4.78, 5) is 8.07. The van der Waals surface area contributed by atoms with Crippen LogP contribution < -0.4 is 5.32 Å². The van der Waals surface area contributed by atoms with Gasteiger partial charge in [-0.1, -0.05) is 74.5 Å². The van der Waals surface area contributed by atoms with Gasteiger partial charge in [0, 0.05) is 17.5 Å². The summed E-state index contributed by atoms with van der Waals surface area (Å²) in [6.45, 7) is 4.13. The van der Waals surface area contributed by atoms with Crippen molar-refractivity contribution in [2.45, 2.75) is 26.0 Å². The Morgan fingerprint density at radius 1 is 0.880 bits per heavy atom. The van der Waals surface area contributed by atoms with Crippen molar-refractivity contribution < 1.29 is 5.11 Å². The fraction of sp³-hybridized carbons (Fsp3) is 0.238. The largest absolute Gasteiger partial charge is 0.373 e. The highest BCUT2D eigenvalue weighted by molar-refractivity contribution is 5.38. The topological polar surface area (TPSA) is 58.0 Å². The van der Waals surface area contributed by atoms with Gasteiger partial charge in [-0.15, -0.1) is 0 Å². The van der Waals surface area contributed by atoms with Crippen LogP contribution in [-0.4, -0.2) is 21.3 Å². The molecule has 0 spiro atoms. The zero-order valence-corrected chi connectivity index (χ0v) is 14.5. The quantitative estimate of drug-likeness (QED) is 0.668. The highest BCUT2D eigenvalue weighted by atomic mass is 16.3. The molecule has 0 bridgehead atoms. The first-order chi connectivity index (χ1) is 12.1. The first kappa shape index (κ1) is 17.1. The van der Waals surface area contributed by atoms with Crippen LogP contribution in [0.5, 0.6) is 0 Å². The lowest BCUT2D eigenvalue weighted by Gasteiger charge is -2.39. The van der Waals surface area contributed by atoms with Gasteiger partial charge in [0.05, 0.1) is 0 Å². The van der Waals surface area contributed by atoms with Crippen LogP contribution in [0.2, 0.25) is 0 Å². The van der Waals surface area contributed by atoms with E-state index in [-0.39, 0.29) is 5.92 Å². The lowest BCUT2D eigenvalue weighted by molar-refractivity contribution is 0.0610. The lowest BCUT2D eigenvalue weighted by Crippen LogP contribution is -2.41. The van der Waals surface area contributed by atoms with Gasteiger partial charge in [-0.25, -0.2) is 9.97 Å². The Hall–Kier alpha value is -2.72. The number of aliphatic hydroxyl groups excluding tert-OH is 1. The minimum Gasteiger partial charge on any atom is -0.373 e. The number of aliphatic hydroxyl groups is 1. The molecule has 2 aromatic carbocycles. The molecule has 4 heteroatoms. The number of aromatic nitrogens is 2. The van der Waals surface area contributed by atoms with Crippen LogP contribution in [0, 0.1) is 5.41 Å². The van der Waals surface area contributed by atoms with Crippen molar-refractivity contribution in [3.05, 3.63) is 90.4 Å². The van der Waals surface area contributed by atoms with E-state index >= 15 is 0 Å². The van der Waals surface area contributed by atoms with Crippen LogP contribution in [0.1, 0.15) is 30.9 Å². The molecule has 0 aliphatic carbocycles. The van der Waals surface area contributed by atoms with E-state index in [0.29, 0.717) is 5.82 Å². The summed E-state index contributed by atoms with van der Waals surface area (Å²) in [5, 5.41) is 14.1. The molecule has 3 rings (SSSR count). The van der Waals surface area contributed by atoms with Crippen LogP contribution >= 0.6 is 0 Å². The summed E-state index contributed by atoms with van der Waals surface area (Å²) in [6.07, 6.45) is 2.34. The van der Waals surface area contributed by atoms with Crippen LogP contribution in [0.15, 0.2) is 79.3 Å². The first-order valence-corrected chi connectivity index (χ1v) is 8.39. The lowest BCUT2D eigenvalue weighted by atomic mass is 9.70. The van der Waals surface area contributed by atoms with E-state index in [1.165, 1.54) is 17.5 Å². The number of rotatable bonds is 6. The van der Waals surface area contributed by atoms with Crippen molar-refractivity contribution in [3.8, 4) is 0 Å². The molecular formula is C21H23N3O. The zero-order valence-electron chi connectivity index (χ0n) is 14.5. The van der Waals surface area contributed by atoms with E-state index in [1.807, 2.05) is 36.4 Å². The first-order valence-electron chi connectivity index (χ1n) is 8.39. The maximum absolute atomic E-state index is 11.0. The Labute approximate surface area is 148 Å². The molecule has 4 nitrogen and oxygen atoms in total. The van der Waals surface area contributed by atoms with Crippen molar-refractivity contribution >= 4 is 5.82 Å². The molecule has 1 aromatic heterocycles.